The zero-order chi connectivity index (χ0) is 21.0. The predicted octanol–water partition coefficient (Wildman–Crippen LogP) is 3.50. The lowest BCUT2D eigenvalue weighted by molar-refractivity contribution is -0.122. The first-order valence-electron chi connectivity index (χ1n) is 8.83. The van der Waals surface area contributed by atoms with Crippen LogP contribution in [0.15, 0.2) is 64.0 Å². The Balaban J connectivity index is 1.62. The molecule has 0 aliphatic carbocycles. The molecule has 0 radical (unpaired) electrons. The minimum absolute atomic E-state index is 0.0280. The predicted molar refractivity (Wildman–Crippen MR) is 108 cm³/mol. The maximum absolute atomic E-state index is 12.4. The van der Waals surface area contributed by atoms with Crippen molar-refractivity contribution in [2.24, 2.45) is 0 Å². The molecule has 0 saturated heterocycles. The van der Waals surface area contributed by atoms with Gasteiger partial charge in [0.2, 0.25) is 0 Å². The average molecular weight is 415 g/mol. The van der Waals surface area contributed by atoms with Crippen molar-refractivity contribution in [3.05, 3.63) is 65.9 Å². The van der Waals surface area contributed by atoms with E-state index in [1.807, 2.05) is 25.1 Å². The average Bonchev–Trinajstić information content (AvgIpc) is 3.06. The first kappa shape index (κ1) is 20.4. The van der Waals surface area contributed by atoms with Gasteiger partial charge in [0.15, 0.2) is 11.9 Å². The van der Waals surface area contributed by atoms with Crippen molar-refractivity contribution in [1.29, 1.82) is 0 Å². The highest BCUT2D eigenvalue weighted by atomic mass is 32.2. The summed E-state index contributed by atoms with van der Waals surface area (Å²) >= 11 is 0. The molecule has 3 rings (SSSR count). The summed E-state index contributed by atoms with van der Waals surface area (Å²) in [7, 11) is -3.82. The number of hydrogen-bond donors (Lipinski definition) is 2. The fraction of sp³-hybridized carbons (Fsp3) is 0.200. The van der Waals surface area contributed by atoms with Crippen LogP contribution in [0, 0.1) is 13.8 Å². The second-order valence-electron chi connectivity index (χ2n) is 6.52. The van der Waals surface area contributed by atoms with E-state index >= 15 is 0 Å². The number of ether oxygens (including phenoxy) is 1. The molecule has 0 saturated carbocycles. The molecule has 29 heavy (non-hydrogen) atoms. The number of carbonyl (C=O) groups is 1. The number of nitrogens with one attached hydrogen (secondary N) is 2. The van der Waals surface area contributed by atoms with Crippen molar-refractivity contribution in [1.82, 2.24) is 5.16 Å². The molecule has 3 aromatic rings. The van der Waals surface area contributed by atoms with Crippen LogP contribution >= 0.6 is 0 Å². The van der Waals surface area contributed by atoms with E-state index in [-0.39, 0.29) is 16.6 Å². The largest absolute Gasteiger partial charge is 0.481 e. The number of sulfonamides is 1. The molecule has 2 N–H and O–H groups in total. The zero-order valence-corrected chi connectivity index (χ0v) is 17.0. The summed E-state index contributed by atoms with van der Waals surface area (Å²) in [5.74, 6) is 0.839. The first-order chi connectivity index (χ1) is 13.7. The van der Waals surface area contributed by atoms with Crippen LogP contribution in [-0.2, 0) is 14.8 Å². The Morgan fingerprint density at radius 3 is 2.45 bits per heavy atom. The SMILES string of the molecule is Cc1cccc(O[C@@H](C)C(=O)Nc2ccc(S(=O)(=O)Nc3cc(C)on3)cc2)c1. The Bertz CT molecular complexity index is 1110. The van der Waals surface area contributed by atoms with Crippen molar-refractivity contribution >= 4 is 27.4 Å². The van der Waals surface area contributed by atoms with E-state index in [0.29, 0.717) is 17.2 Å². The molecule has 0 aliphatic rings. The van der Waals surface area contributed by atoms with Crippen molar-refractivity contribution in [2.45, 2.75) is 31.8 Å². The molecule has 0 bridgehead atoms. The molecular weight excluding hydrogens is 394 g/mol. The number of amides is 1. The third-order valence-electron chi connectivity index (χ3n) is 3.97. The molecule has 8 nitrogen and oxygen atoms in total. The molecule has 1 amide bonds. The van der Waals surface area contributed by atoms with E-state index in [9.17, 15) is 13.2 Å². The van der Waals surface area contributed by atoms with Gasteiger partial charge in [0.1, 0.15) is 11.5 Å². The van der Waals surface area contributed by atoms with Gasteiger partial charge in [-0.1, -0.05) is 17.3 Å². The minimum Gasteiger partial charge on any atom is -0.481 e. The fourth-order valence-electron chi connectivity index (χ4n) is 2.52. The number of anilines is 2. The number of benzene rings is 2. The molecule has 1 atom stereocenters. The quantitative estimate of drug-likeness (QED) is 0.611. The summed E-state index contributed by atoms with van der Waals surface area (Å²) < 4.78 is 37.6. The van der Waals surface area contributed by atoms with Gasteiger partial charge in [0, 0.05) is 11.8 Å². The Hall–Kier alpha value is -3.33. The Kier molecular flexibility index (Phi) is 5.88. The van der Waals surface area contributed by atoms with Gasteiger partial charge in [-0.05, 0) is 62.7 Å². The van der Waals surface area contributed by atoms with E-state index in [1.165, 1.54) is 30.3 Å². The van der Waals surface area contributed by atoms with Gasteiger partial charge >= 0.3 is 0 Å². The number of hydrogen-bond acceptors (Lipinski definition) is 6. The topological polar surface area (TPSA) is 111 Å². The number of carbonyl (C=O) groups excluding carboxylic acids is 1. The van der Waals surface area contributed by atoms with Gasteiger partial charge in [-0.25, -0.2) is 8.42 Å². The molecule has 1 aromatic heterocycles. The maximum Gasteiger partial charge on any atom is 0.265 e. The normalized spacial score (nSPS) is 12.2. The van der Waals surface area contributed by atoms with Crippen LogP contribution in [-0.4, -0.2) is 25.6 Å². The molecule has 0 unspecified atom stereocenters. The molecule has 1 heterocycles. The van der Waals surface area contributed by atoms with Crippen LogP contribution in [0.2, 0.25) is 0 Å². The molecule has 152 valence electrons. The van der Waals surface area contributed by atoms with Crippen LogP contribution < -0.4 is 14.8 Å². The minimum atomic E-state index is -3.82. The van der Waals surface area contributed by atoms with Gasteiger partial charge in [0.05, 0.1) is 4.90 Å². The van der Waals surface area contributed by atoms with Gasteiger partial charge in [0.25, 0.3) is 15.9 Å². The molecule has 9 heteroatoms. The first-order valence-corrected chi connectivity index (χ1v) is 10.3. The van der Waals surface area contributed by atoms with Crippen LogP contribution in [0.3, 0.4) is 0 Å². The number of nitrogens with zero attached hydrogens (tertiary/aromatic N) is 1. The van der Waals surface area contributed by atoms with Gasteiger partial charge in [-0.15, -0.1) is 0 Å². The van der Waals surface area contributed by atoms with Gasteiger partial charge in [-0.2, -0.15) is 0 Å². The van der Waals surface area contributed by atoms with Crippen LogP contribution in [0.5, 0.6) is 5.75 Å². The third kappa shape index (κ3) is 5.35. The summed E-state index contributed by atoms with van der Waals surface area (Å²) in [6.45, 7) is 5.23. The molecule has 2 aromatic carbocycles. The standard InChI is InChI=1S/C20H21N3O5S/c1-13-5-4-6-17(11-13)27-15(3)20(24)21-16-7-9-18(10-8-16)29(25,26)23-19-12-14(2)28-22-19/h4-12,15H,1-3H3,(H,21,24)(H,22,23)/t15-/m0/s1. The number of aryl methyl sites for hydroxylation is 2. The smallest absolute Gasteiger partial charge is 0.265 e. The number of rotatable bonds is 7. The van der Waals surface area contributed by atoms with E-state index in [0.717, 1.165) is 5.56 Å². The lowest BCUT2D eigenvalue weighted by Crippen LogP contribution is -2.30. The van der Waals surface area contributed by atoms with E-state index < -0.39 is 16.1 Å². The van der Waals surface area contributed by atoms with Crippen molar-refractivity contribution in [3.8, 4) is 5.75 Å². The third-order valence-corrected chi connectivity index (χ3v) is 5.34. The summed E-state index contributed by atoms with van der Waals surface area (Å²) in [6.07, 6.45) is -0.725. The number of aromatic nitrogens is 1. The second-order valence-corrected chi connectivity index (χ2v) is 8.20. The molecule has 0 spiro atoms. The van der Waals surface area contributed by atoms with E-state index in [2.05, 4.69) is 15.2 Å². The van der Waals surface area contributed by atoms with E-state index in [4.69, 9.17) is 9.26 Å². The monoisotopic (exact) mass is 415 g/mol. The Labute approximate surface area is 168 Å². The molecule has 0 fully saturated rings. The summed E-state index contributed by atoms with van der Waals surface area (Å²) in [5, 5.41) is 6.31. The Morgan fingerprint density at radius 2 is 1.83 bits per heavy atom. The zero-order valence-electron chi connectivity index (χ0n) is 16.2. The fourth-order valence-corrected chi connectivity index (χ4v) is 3.50. The van der Waals surface area contributed by atoms with E-state index in [1.54, 1.807) is 19.9 Å². The summed E-state index contributed by atoms with van der Waals surface area (Å²) in [5.41, 5.74) is 1.48. The Morgan fingerprint density at radius 1 is 1.10 bits per heavy atom. The second kappa shape index (κ2) is 8.36. The van der Waals surface area contributed by atoms with Crippen molar-refractivity contribution < 1.29 is 22.5 Å². The summed E-state index contributed by atoms with van der Waals surface area (Å²) in [6, 6.07) is 14.6. The van der Waals surface area contributed by atoms with Crippen molar-refractivity contribution in [3.63, 3.8) is 0 Å². The van der Waals surface area contributed by atoms with Crippen molar-refractivity contribution in [2.75, 3.05) is 10.0 Å². The molecule has 0 aliphatic heterocycles. The highest BCUT2D eigenvalue weighted by molar-refractivity contribution is 7.92. The highest BCUT2D eigenvalue weighted by Crippen LogP contribution is 2.19. The molecular formula is C20H21N3O5S. The van der Waals surface area contributed by atoms with Gasteiger partial charge in [-0.3, -0.25) is 9.52 Å². The lowest BCUT2D eigenvalue weighted by atomic mass is 10.2. The highest BCUT2D eigenvalue weighted by Gasteiger charge is 2.18. The summed E-state index contributed by atoms with van der Waals surface area (Å²) in [4.78, 5) is 12.4. The maximum atomic E-state index is 12.4. The van der Waals surface area contributed by atoms with Crippen LogP contribution in [0.4, 0.5) is 11.5 Å². The lowest BCUT2D eigenvalue weighted by Gasteiger charge is -2.15. The van der Waals surface area contributed by atoms with Gasteiger partial charge < -0.3 is 14.6 Å². The van der Waals surface area contributed by atoms with Crippen LogP contribution in [0.1, 0.15) is 18.2 Å². The van der Waals surface area contributed by atoms with Crippen LogP contribution in [0.25, 0.3) is 0 Å².